The van der Waals surface area contributed by atoms with Crippen molar-refractivity contribution >= 4 is 33.3 Å². The minimum atomic E-state index is -0.108. The first-order chi connectivity index (χ1) is 13.9. The Kier molecular flexibility index (Phi) is 5.10. The summed E-state index contributed by atoms with van der Waals surface area (Å²) >= 11 is 3.34. The van der Waals surface area contributed by atoms with Crippen LogP contribution in [0.4, 0.5) is 5.82 Å². The molecule has 4 rings (SSSR count). The fourth-order valence-corrected chi connectivity index (χ4v) is 3.40. The summed E-state index contributed by atoms with van der Waals surface area (Å²) in [5, 5.41) is 4.39. The van der Waals surface area contributed by atoms with Gasteiger partial charge >= 0.3 is 0 Å². The molecule has 8 heteroatoms. The molecule has 0 aliphatic carbocycles. The van der Waals surface area contributed by atoms with E-state index in [1.807, 2.05) is 49.1 Å². The number of halogens is 1. The van der Waals surface area contributed by atoms with Gasteiger partial charge in [-0.15, -0.1) is 5.10 Å². The van der Waals surface area contributed by atoms with E-state index < -0.39 is 0 Å². The maximum absolute atomic E-state index is 13.3. The molecule has 0 radical (unpaired) electrons. The Bertz CT molecular complexity index is 1170. The van der Waals surface area contributed by atoms with Crippen LogP contribution in [0.25, 0.3) is 17.2 Å². The number of fused-ring (bicyclic) bond motifs is 1. The Balaban J connectivity index is 1.69. The van der Waals surface area contributed by atoms with Crippen molar-refractivity contribution in [2.45, 2.75) is 26.4 Å². The zero-order valence-corrected chi connectivity index (χ0v) is 17.6. The van der Waals surface area contributed by atoms with Crippen LogP contribution in [0.2, 0.25) is 0 Å². The monoisotopic (exact) mass is 453 g/mol. The molecular weight excluding hydrogens is 434 g/mol. The van der Waals surface area contributed by atoms with Crippen LogP contribution >= 0.6 is 15.9 Å². The van der Waals surface area contributed by atoms with Gasteiger partial charge in [-0.3, -0.25) is 4.79 Å². The summed E-state index contributed by atoms with van der Waals surface area (Å²) in [6.45, 7) is 4.50. The van der Waals surface area contributed by atoms with Gasteiger partial charge in [-0.1, -0.05) is 30.3 Å². The number of amides is 1. The summed E-state index contributed by atoms with van der Waals surface area (Å²) in [4.78, 5) is 19.5. The van der Waals surface area contributed by atoms with Crippen molar-refractivity contribution in [3.05, 3.63) is 70.4 Å². The number of aromatic nitrogens is 3. The molecule has 0 spiro atoms. The molecule has 1 aromatic carbocycles. The van der Waals surface area contributed by atoms with Crippen LogP contribution in [-0.4, -0.2) is 31.4 Å². The number of carbonyl (C=O) groups is 1. The molecule has 0 atom stereocenters. The first-order valence-corrected chi connectivity index (χ1v) is 9.97. The summed E-state index contributed by atoms with van der Waals surface area (Å²) in [6.07, 6.45) is 1.56. The second-order valence-electron chi connectivity index (χ2n) is 7.02. The molecule has 4 aromatic rings. The highest BCUT2D eigenvalue weighted by Crippen LogP contribution is 2.24. The van der Waals surface area contributed by atoms with Crippen LogP contribution < -0.4 is 5.73 Å². The molecule has 148 valence electrons. The Morgan fingerprint density at radius 3 is 2.66 bits per heavy atom. The first-order valence-electron chi connectivity index (χ1n) is 9.18. The second kappa shape index (κ2) is 7.71. The van der Waals surface area contributed by atoms with Gasteiger partial charge in [0.2, 0.25) is 5.82 Å². The summed E-state index contributed by atoms with van der Waals surface area (Å²) < 4.78 is 7.73. The predicted octanol–water partition coefficient (Wildman–Crippen LogP) is 4.38. The quantitative estimate of drug-likeness (QED) is 0.483. The van der Waals surface area contributed by atoms with E-state index in [1.54, 1.807) is 24.5 Å². The number of benzene rings is 1. The fourth-order valence-electron chi connectivity index (χ4n) is 3.10. The Hall–Kier alpha value is -3.13. The molecule has 3 aromatic heterocycles. The third-order valence-electron chi connectivity index (χ3n) is 4.58. The third-order valence-corrected chi connectivity index (χ3v) is 5.00. The molecule has 0 fully saturated rings. The van der Waals surface area contributed by atoms with Crippen molar-refractivity contribution in [2.24, 2.45) is 0 Å². The van der Waals surface area contributed by atoms with Crippen LogP contribution in [0, 0.1) is 0 Å². The minimum Gasteiger partial charge on any atom is -0.460 e. The summed E-state index contributed by atoms with van der Waals surface area (Å²) in [6, 6.07) is 15.0. The first kappa shape index (κ1) is 19.2. The second-order valence-corrected chi connectivity index (χ2v) is 7.93. The Morgan fingerprint density at radius 1 is 1.24 bits per heavy atom. The zero-order chi connectivity index (χ0) is 20.5. The number of nitrogens with zero attached hydrogens (tertiary/aromatic N) is 4. The molecule has 7 nitrogen and oxygen atoms in total. The molecule has 0 aliphatic heterocycles. The van der Waals surface area contributed by atoms with Gasteiger partial charge in [0, 0.05) is 24.2 Å². The van der Waals surface area contributed by atoms with Crippen LogP contribution in [-0.2, 0) is 6.54 Å². The summed E-state index contributed by atoms with van der Waals surface area (Å²) in [7, 11) is 0. The maximum Gasteiger partial charge on any atom is 0.254 e. The topological polar surface area (TPSA) is 89.7 Å². The number of furan rings is 1. The highest BCUT2D eigenvalue weighted by atomic mass is 79.9. The lowest BCUT2D eigenvalue weighted by Gasteiger charge is -2.27. The van der Waals surface area contributed by atoms with Crippen LogP contribution in [0.15, 0.2) is 63.7 Å². The van der Waals surface area contributed by atoms with Crippen molar-refractivity contribution in [3.63, 3.8) is 0 Å². The number of hydrogen-bond acceptors (Lipinski definition) is 5. The number of nitrogen functional groups attached to an aromatic ring is 1. The lowest BCUT2D eigenvalue weighted by Crippen LogP contribution is -2.36. The largest absolute Gasteiger partial charge is 0.460 e. The molecule has 3 heterocycles. The lowest BCUT2D eigenvalue weighted by atomic mass is 10.1. The van der Waals surface area contributed by atoms with Gasteiger partial charge in [-0.05, 0) is 47.5 Å². The van der Waals surface area contributed by atoms with Gasteiger partial charge in [0.25, 0.3) is 5.91 Å². The van der Waals surface area contributed by atoms with Gasteiger partial charge in [0.15, 0.2) is 11.4 Å². The number of hydrogen-bond donors (Lipinski definition) is 1. The Labute approximate surface area is 176 Å². The Morgan fingerprint density at radius 2 is 2.00 bits per heavy atom. The number of pyridine rings is 1. The molecule has 1 amide bonds. The lowest BCUT2D eigenvalue weighted by molar-refractivity contribution is 0.0690. The van der Waals surface area contributed by atoms with Crippen molar-refractivity contribution in [1.29, 1.82) is 0 Å². The van der Waals surface area contributed by atoms with E-state index in [0.29, 0.717) is 35.2 Å². The summed E-state index contributed by atoms with van der Waals surface area (Å²) in [5.74, 6) is 1.14. The van der Waals surface area contributed by atoms with E-state index >= 15 is 0 Å². The smallest absolute Gasteiger partial charge is 0.254 e. The maximum atomic E-state index is 13.3. The van der Waals surface area contributed by atoms with E-state index in [9.17, 15) is 4.79 Å². The molecule has 29 heavy (non-hydrogen) atoms. The van der Waals surface area contributed by atoms with Gasteiger partial charge < -0.3 is 15.1 Å². The van der Waals surface area contributed by atoms with Gasteiger partial charge in [-0.2, -0.15) is 4.52 Å². The summed E-state index contributed by atoms with van der Waals surface area (Å²) in [5.41, 5.74) is 8.19. The van der Waals surface area contributed by atoms with Gasteiger partial charge in [0.1, 0.15) is 12.1 Å². The van der Waals surface area contributed by atoms with E-state index in [0.717, 1.165) is 10.0 Å². The van der Waals surface area contributed by atoms with Crippen molar-refractivity contribution in [1.82, 2.24) is 19.5 Å². The highest BCUT2D eigenvalue weighted by molar-refractivity contribution is 9.10. The van der Waals surface area contributed by atoms with E-state index in [-0.39, 0.29) is 11.9 Å². The standard InChI is InChI=1S/C21H20BrN5O2/c1-13(2)26(11-14-6-4-3-5-7-14)21(28)15-8-18(23)27-19(9-15)24-20(25-27)17-10-16(22)12-29-17/h3-10,12-13H,11,23H2,1-2H3. The van der Waals surface area contributed by atoms with E-state index in [4.69, 9.17) is 10.2 Å². The van der Waals surface area contributed by atoms with E-state index in [1.165, 1.54) is 4.52 Å². The molecule has 0 bridgehead atoms. The normalized spacial score (nSPS) is 11.3. The van der Waals surface area contributed by atoms with Gasteiger partial charge in [-0.25, -0.2) is 4.98 Å². The van der Waals surface area contributed by atoms with Crippen molar-refractivity contribution in [2.75, 3.05) is 5.73 Å². The van der Waals surface area contributed by atoms with Gasteiger partial charge in [0.05, 0.1) is 4.47 Å². The SMILES string of the molecule is CC(C)N(Cc1ccccc1)C(=O)c1cc(N)n2nc(-c3cc(Br)co3)nc2c1. The number of nitrogens with two attached hydrogens (primary N) is 1. The molecular formula is C21H20BrN5O2. The molecule has 2 N–H and O–H groups in total. The van der Waals surface area contributed by atoms with Crippen LogP contribution in [0.5, 0.6) is 0 Å². The van der Waals surface area contributed by atoms with E-state index in [2.05, 4.69) is 26.0 Å². The molecule has 0 unspecified atom stereocenters. The zero-order valence-electron chi connectivity index (χ0n) is 16.0. The average Bonchev–Trinajstić information content (AvgIpc) is 3.32. The fraction of sp³-hybridized carbons (Fsp3) is 0.190. The average molecular weight is 454 g/mol. The third kappa shape index (κ3) is 3.88. The number of anilines is 1. The molecule has 0 saturated heterocycles. The minimum absolute atomic E-state index is 0.0223. The molecule has 0 saturated carbocycles. The molecule has 0 aliphatic rings. The van der Waals surface area contributed by atoms with Crippen molar-refractivity contribution in [3.8, 4) is 11.6 Å². The highest BCUT2D eigenvalue weighted by Gasteiger charge is 2.21. The predicted molar refractivity (Wildman–Crippen MR) is 114 cm³/mol. The van der Waals surface area contributed by atoms with Crippen molar-refractivity contribution < 1.29 is 9.21 Å². The van der Waals surface area contributed by atoms with Crippen LogP contribution in [0.3, 0.4) is 0 Å². The number of carbonyl (C=O) groups excluding carboxylic acids is 1. The van der Waals surface area contributed by atoms with Crippen LogP contribution in [0.1, 0.15) is 29.8 Å². The number of rotatable bonds is 5.